The fourth-order valence-electron chi connectivity index (χ4n) is 2.78. The van der Waals surface area contributed by atoms with Crippen molar-refractivity contribution in [1.29, 1.82) is 0 Å². The molecule has 1 heterocycles. The van der Waals surface area contributed by atoms with Crippen LogP contribution in [0.25, 0.3) is 0 Å². The summed E-state index contributed by atoms with van der Waals surface area (Å²) in [5.74, 6) is 0.236. The molecule has 4 nitrogen and oxygen atoms in total. The molecule has 3 fully saturated rings. The number of rotatable bonds is 2. The Hall–Kier alpha value is -1.08. The number of halogens is 4. The standard InChI is InChI=1S/C10H11F3N4.ClH/c11-10(12,13)6-1-15-7(16-2-6)17-9-3-8(14,4-9)5-9;/h1-2H,3-5,14H2,(H,15,16,17);1H. The molecule has 0 amide bonds. The largest absolute Gasteiger partial charge is 0.419 e. The minimum atomic E-state index is -4.39. The Kier molecular flexibility index (Phi) is 2.75. The molecular formula is C10H12ClF3N4. The fourth-order valence-corrected chi connectivity index (χ4v) is 2.78. The Morgan fingerprint density at radius 2 is 1.67 bits per heavy atom. The predicted molar refractivity (Wildman–Crippen MR) is 61.4 cm³/mol. The van der Waals surface area contributed by atoms with Crippen molar-refractivity contribution in [3.8, 4) is 0 Å². The summed E-state index contributed by atoms with van der Waals surface area (Å²) >= 11 is 0. The number of nitrogens with two attached hydrogens (primary N) is 1. The topological polar surface area (TPSA) is 63.8 Å². The number of nitrogens with zero attached hydrogens (tertiary/aromatic N) is 2. The molecule has 3 N–H and O–H groups in total. The third-order valence-electron chi connectivity index (χ3n) is 3.43. The van der Waals surface area contributed by atoms with Gasteiger partial charge in [-0.05, 0) is 19.3 Å². The maximum absolute atomic E-state index is 12.3. The van der Waals surface area contributed by atoms with Crippen molar-refractivity contribution in [1.82, 2.24) is 9.97 Å². The van der Waals surface area contributed by atoms with Crippen molar-refractivity contribution in [2.45, 2.75) is 36.5 Å². The predicted octanol–water partition coefficient (Wildman–Crippen LogP) is 1.96. The lowest BCUT2D eigenvalue weighted by molar-refractivity contribution is -0.138. The molecule has 100 valence electrons. The number of nitrogens with one attached hydrogen (secondary N) is 1. The highest BCUT2D eigenvalue weighted by Crippen LogP contribution is 2.59. The van der Waals surface area contributed by atoms with Crippen LogP contribution in [0.15, 0.2) is 12.4 Å². The van der Waals surface area contributed by atoms with E-state index in [1.807, 2.05) is 0 Å². The molecule has 2 bridgehead atoms. The first kappa shape index (κ1) is 13.4. The van der Waals surface area contributed by atoms with Gasteiger partial charge in [0, 0.05) is 23.5 Å². The van der Waals surface area contributed by atoms with Gasteiger partial charge in [-0.15, -0.1) is 12.4 Å². The number of hydrogen-bond acceptors (Lipinski definition) is 4. The van der Waals surface area contributed by atoms with Gasteiger partial charge in [-0.2, -0.15) is 13.2 Å². The zero-order chi connectivity index (χ0) is 12.3. The molecule has 3 saturated carbocycles. The van der Waals surface area contributed by atoms with Crippen LogP contribution >= 0.6 is 12.4 Å². The van der Waals surface area contributed by atoms with Gasteiger partial charge in [-0.1, -0.05) is 0 Å². The molecule has 1 aromatic rings. The Morgan fingerprint density at radius 1 is 1.17 bits per heavy atom. The number of hydrogen-bond donors (Lipinski definition) is 2. The molecule has 18 heavy (non-hydrogen) atoms. The molecular weight excluding hydrogens is 269 g/mol. The van der Waals surface area contributed by atoms with Crippen LogP contribution in [0, 0.1) is 0 Å². The molecule has 0 atom stereocenters. The van der Waals surface area contributed by atoms with Gasteiger partial charge in [0.05, 0.1) is 5.56 Å². The van der Waals surface area contributed by atoms with Crippen LogP contribution in [0.3, 0.4) is 0 Å². The maximum Gasteiger partial charge on any atom is 0.419 e. The molecule has 3 aliphatic carbocycles. The van der Waals surface area contributed by atoms with E-state index in [0.29, 0.717) is 0 Å². The molecule has 0 aromatic carbocycles. The zero-order valence-corrected chi connectivity index (χ0v) is 10.1. The molecule has 3 aliphatic rings. The second-order valence-electron chi connectivity index (χ2n) is 5.09. The van der Waals surface area contributed by atoms with E-state index in [4.69, 9.17) is 5.73 Å². The Bertz CT molecular complexity index is 439. The van der Waals surface area contributed by atoms with Crippen LogP contribution in [0.5, 0.6) is 0 Å². The first-order valence-electron chi connectivity index (χ1n) is 5.27. The SMILES string of the molecule is Cl.NC12CC(Nc3ncc(C(F)(F)F)cn3)(C1)C2. The normalized spacial score (nSPS) is 32.9. The summed E-state index contributed by atoms with van der Waals surface area (Å²) in [4.78, 5) is 7.35. The van der Waals surface area contributed by atoms with Crippen LogP contribution in [0.1, 0.15) is 24.8 Å². The van der Waals surface area contributed by atoms with E-state index in [0.717, 1.165) is 31.7 Å². The van der Waals surface area contributed by atoms with Crippen molar-refractivity contribution in [3.63, 3.8) is 0 Å². The van der Waals surface area contributed by atoms with E-state index in [9.17, 15) is 13.2 Å². The van der Waals surface area contributed by atoms with Gasteiger partial charge in [0.2, 0.25) is 5.95 Å². The Morgan fingerprint density at radius 3 is 2.06 bits per heavy atom. The van der Waals surface area contributed by atoms with E-state index in [1.165, 1.54) is 0 Å². The smallest absolute Gasteiger partial charge is 0.349 e. The summed E-state index contributed by atoms with van der Waals surface area (Å²) in [6.45, 7) is 0. The Balaban J connectivity index is 0.00000120. The van der Waals surface area contributed by atoms with Gasteiger partial charge in [0.1, 0.15) is 0 Å². The van der Waals surface area contributed by atoms with E-state index < -0.39 is 11.7 Å². The molecule has 0 saturated heterocycles. The van der Waals surface area contributed by atoms with Crippen LogP contribution in [-0.4, -0.2) is 21.0 Å². The Labute approximate surface area is 108 Å². The van der Waals surface area contributed by atoms with Crippen LogP contribution < -0.4 is 11.1 Å². The minimum absolute atomic E-state index is 0. The maximum atomic E-state index is 12.3. The van der Waals surface area contributed by atoms with E-state index in [1.54, 1.807) is 0 Å². The highest BCUT2D eigenvalue weighted by Gasteiger charge is 2.66. The van der Waals surface area contributed by atoms with Crippen molar-refractivity contribution < 1.29 is 13.2 Å². The monoisotopic (exact) mass is 280 g/mol. The third kappa shape index (κ3) is 2.01. The minimum Gasteiger partial charge on any atom is -0.349 e. The summed E-state index contributed by atoms with van der Waals surface area (Å²) in [7, 11) is 0. The summed E-state index contributed by atoms with van der Waals surface area (Å²) in [6, 6.07) is 0. The number of aromatic nitrogens is 2. The van der Waals surface area contributed by atoms with Gasteiger partial charge >= 0.3 is 6.18 Å². The lowest BCUT2D eigenvalue weighted by Gasteiger charge is -2.68. The van der Waals surface area contributed by atoms with Crippen LogP contribution in [0.4, 0.5) is 19.1 Å². The van der Waals surface area contributed by atoms with E-state index >= 15 is 0 Å². The van der Waals surface area contributed by atoms with Crippen molar-refractivity contribution in [3.05, 3.63) is 18.0 Å². The first-order chi connectivity index (χ1) is 7.80. The quantitative estimate of drug-likeness (QED) is 0.869. The third-order valence-corrected chi connectivity index (χ3v) is 3.43. The van der Waals surface area contributed by atoms with Gasteiger partial charge in [-0.3, -0.25) is 0 Å². The second kappa shape index (κ2) is 3.71. The highest BCUT2D eigenvalue weighted by molar-refractivity contribution is 5.85. The average Bonchev–Trinajstić information content (AvgIpc) is 2.13. The number of alkyl halides is 3. The molecule has 0 spiro atoms. The van der Waals surface area contributed by atoms with E-state index in [2.05, 4.69) is 15.3 Å². The lowest BCUT2D eigenvalue weighted by Crippen LogP contribution is -2.79. The first-order valence-corrected chi connectivity index (χ1v) is 5.27. The van der Waals surface area contributed by atoms with Gasteiger partial charge in [0.25, 0.3) is 0 Å². The van der Waals surface area contributed by atoms with Gasteiger partial charge in [-0.25, -0.2) is 9.97 Å². The summed E-state index contributed by atoms with van der Waals surface area (Å²) in [5, 5.41) is 3.06. The summed E-state index contributed by atoms with van der Waals surface area (Å²) < 4.78 is 36.8. The highest BCUT2D eigenvalue weighted by atomic mass is 35.5. The van der Waals surface area contributed by atoms with Crippen LogP contribution in [-0.2, 0) is 6.18 Å². The molecule has 0 radical (unpaired) electrons. The van der Waals surface area contributed by atoms with Crippen LogP contribution in [0.2, 0.25) is 0 Å². The fraction of sp³-hybridized carbons (Fsp3) is 0.600. The van der Waals surface area contributed by atoms with Crippen molar-refractivity contribution >= 4 is 18.4 Å². The molecule has 4 rings (SSSR count). The molecule has 8 heteroatoms. The molecule has 0 aliphatic heterocycles. The molecule has 1 aromatic heterocycles. The number of anilines is 1. The van der Waals surface area contributed by atoms with Gasteiger partial charge in [0.15, 0.2) is 0 Å². The summed E-state index contributed by atoms with van der Waals surface area (Å²) in [6.07, 6.45) is -0.298. The average molecular weight is 281 g/mol. The van der Waals surface area contributed by atoms with E-state index in [-0.39, 0.29) is 29.4 Å². The van der Waals surface area contributed by atoms with Crippen molar-refractivity contribution in [2.24, 2.45) is 5.73 Å². The lowest BCUT2D eigenvalue weighted by atomic mass is 9.45. The summed E-state index contributed by atoms with van der Waals surface area (Å²) in [5.41, 5.74) is 4.91. The second-order valence-corrected chi connectivity index (χ2v) is 5.09. The zero-order valence-electron chi connectivity index (χ0n) is 9.29. The van der Waals surface area contributed by atoms with Gasteiger partial charge < -0.3 is 11.1 Å². The van der Waals surface area contributed by atoms with Crippen molar-refractivity contribution in [2.75, 3.05) is 5.32 Å². The molecule has 0 unspecified atom stereocenters.